The second kappa shape index (κ2) is 11.2. The van der Waals surface area contributed by atoms with Gasteiger partial charge in [-0.15, -0.1) is 11.3 Å². The average Bonchev–Trinajstić information content (AvgIpc) is 3.20. The highest BCUT2D eigenvalue weighted by Gasteiger charge is 2.27. The van der Waals surface area contributed by atoms with Gasteiger partial charge in [-0.3, -0.25) is 9.59 Å². The minimum absolute atomic E-state index is 0.112. The SMILES string of the molecule is Cc1ccc(C(=O)c2c(NC(=O)COC(=O)C=Cc3ccc(Cl)cc3Cl)sc3c2CCCC3)cc1. The van der Waals surface area contributed by atoms with Crippen LogP contribution in [0.3, 0.4) is 0 Å². The van der Waals surface area contributed by atoms with Gasteiger partial charge in [-0.05, 0) is 61.9 Å². The van der Waals surface area contributed by atoms with Gasteiger partial charge < -0.3 is 10.1 Å². The Balaban J connectivity index is 1.44. The number of rotatable bonds is 7. The molecule has 0 atom stereocenters. The van der Waals surface area contributed by atoms with E-state index in [1.54, 1.807) is 30.3 Å². The fraction of sp³-hybridized carbons (Fsp3) is 0.222. The molecule has 1 heterocycles. The van der Waals surface area contributed by atoms with E-state index >= 15 is 0 Å². The van der Waals surface area contributed by atoms with Crippen molar-refractivity contribution < 1.29 is 19.1 Å². The molecule has 1 aliphatic carbocycles. The third-order valence-corrected chi connectivity index (χ3v) is 7.44. The number of amides is 1. The molecule has 4 rings (SSSR count). The van der Waals surface area contributed by atoms with Crippen LogP contribution < -0.4 is 5.32 Å². The second-order valence-corrected chi connectivity index (χ2v) is 10.2. The smallest absolute Gasteiger partial charge is 0.331 e. The molecule has 1 N–H and O–H groups in total. The lowest BCUT2D eigenvalue weighted by molar-refractivity contribution is -0.142. The lowest BCUT2D eigenvalue weighted by Crippen LogP contribution is -2.21. The van der Waals surface area contributed by atoms with E-state index in [0.29, 0.717) is 31.7 Å². The van der Waals surface area contributed by atoms with Crippen LogP contribution in [0.25, 0.3) is 6.08 Å². The summed E-state index contributed by atoms with van der Waals surface area (Å²) in [7, 11) is 0. The lowest BCUT2D eigenvalue weighted by Gasteiger charge is -2.13. The number of nitrogens with one attached hydrogen (secondary N) is 1. The van der Waals surface area contributed by atoms with Gasteiger partial charge >= 0.3 is 5.97 Å². The van der Waals surface area contributed by atoms with Crippen LogP contribution in [-0.4, -0.2) is 24.3 Å². The number of fused-ring (bicyclic) bond motifs is 1. The van der Waals surface area contributed by atoms with Crippen molar-refractivity contribution in [2.75, 3.05) is 11.9 Å². The zero-order chi connectivity index (χ0) is 24.9. The topological polar surface area (TPSA) is 72.5 Å². The number of halogens is 2. The fourth-order valence-electron chi connectivity index (χ4n) is 3.89. The van der Waals surface area contributed by atoms with Crippen LogP contribution in [0.2, 0.25) is 10.0 Å². The first-order chi connectivity index (χ1) is 16.8. The van der Waals surface area contributed by atoms with Gasteiger partial charge in [-0.25, -0.2) is 4.79 Å². The maximum atomic E-state index is 13.4. The highest BCUT2D eigenvalue weighted by molar-refractivity contribution is 7.17. The molecule has 0 bridgehead atoms. The van der Waals surface area contributed by atoms with Gasteiger partial charge in [-0.1, -0.05) is 59.1 Å². The van der Waals surface area contributed by atoms with Gasteiger partial charge in [-0.2, -0.15) is 0 Å². The van der Waals surface area contributed by atoms with Gasteiger partial charge in [0.25, 0.3) is 5.91 Å². The van der Waals surface area contributed by atoms with Crippen molar-refractivity contribution in [1.29, 1.82) is 0 Å². The van der Waals surface area contributed by atoms with Crippen LogP contribution in [0, 0.1) is 6.92 Å². The molecule has 0 radical (unpaired) electrons. The summed E-state index contributed by atoms with van der Waals surface area (Å²) in [5.74, 6) is -1.31. The van der Waals surface area contributed by atoms with E-state index in [0.717, 1.165) is 41.7 Å². The predicted molar refractivity (Wildman–Crippen MR) is 141 cm³/mol. The van der Waals surface area contributed by atoms with E-state index in [2.05, 4.69) is 5.32 Å². The van der Waals surface area contributed by atoms with E-state index in [9.17, 15) is 14.4 Å². The molecule has 1 amide bonds. The molecule has 0 aliphatic heterocycles. The summed E-state index contributed by atoms with van der Waals surface area (Å²) in [6.07, 6.45) is 6.44. The highest BCUT2D eigenvalue weighted by Crippen LogP contribution is 2.39. The Hall–Kier alpha value is -2.93. The molecule has 1 aliphatic rings. The third-order valence-electron chi connectivity index (χ3n) is 5.67. The van der Waals surface area contributed by atoms with Crippen molar-refractivity contribution in [2.24, 2.45) is 0 Å². The lowest BCUT2D eigenvalue weighted by atomic mass is 9.91. The number of aryl methyl sites for hydroxylation is 2. The Kier molecular flexibility index (Phi) is 8.06. The van der Waals surface area contributed by atoms with Gasteiger partial charge in [0.15, 0.2) is 12.4 Å². The number of hydrogen-bond acceptors (Lipinski definition) is 5. The molecule has 0 unspecified atom stereocenters. The Labute approximate surface area is 217 Å². The van der Waals surface area contributed by atoms with Crippen LogP contribution in [0.4, 0.5) is 5.00 Å². The number of anilines is 1. The van der Waals surface area contributed by atoms with Gasteiger partial charge in [0, 0.05) is 26.6 Å². The molecular formula is C27H23Cl2NO4S. The number of ketones is 1. The zero-order valence-electron chi connectivity index (χ0n) is 19.0. The van der Waals surface area contributed by atoms with Crippen LogP contribution in [0.15, 0.2) is 48.5 Å². The number of esters is 1. The molecule has 1 aromatic heterocycles. The van der Waals surface area contributed by atoms with Crippen molar-refractivity contribution in [1.82, 2.24) is 0 Å². The summed E-state index contributed by atoms with van der Waals surface area (Å²) >= 11 is 13.4. The summed E-state index contributed by atoms with van der Waals surface area (Å²) in [5, 5.41) is 4.19. The van der Waals surface area contributed by atoms with Gasteiger partial charge in [0.1, 0.15) is 5.00 Å². The standard InChI is InChI=1S/C27H23Cl2NO4S/c1-16-6-8-18(9-7-16)26(33)25-20-4-2-3-5-22(20)35-27(25)30-23(31)15-34-24(32)13-11-17-10-12-19(28)14-21(17)29/h6-14H,2-5,15H2,1H3,(H,30,31). The van der Waals surface area contributed by atoms with E-state index in [-0.39, 0.29) is 5.78 Å². The third kappa shape index (κ3) is 6.20. The largest absolute Gasteiger partial charge is 0.452 e. The predicted octanol–water partition coefficient (Wildman–Crippen LogP) is 6.67. The Bertz CT molecular complexity index is 1310. The van der Waals surface area contributed by atoms with Crippen molar-refractivity contribution in [2.45, 2.75) is 32.6 Å². The van der Waals surface area contributed by atoms with Gasteiger partial charge in [0.05, 0.1) is 5.56 Å². The second-order valence-electron chi connectivity index (χ2n) is 8.27. The molecule has 2 aromatic carbocycles. The number of benzene rings is 2. The number of carbonyl (C=O) groups is 3. The first kappa shape index (κ1) is 25.2. The van der Waals surface area contributed by atoms with E-state index in [1.807, 2.05) is 19.1 Å². The van der Waals surface area contributed by atoms with Crippen molar-refractivity contribution >= 4 is 63.3 Å². The molecule has 0 saturated heterocycles. The number of hydrogen-bond donors (Lipinski definition) is 1. The Morgan fingerprint density at radius 1 is 1.06 bits per heavy atom. The molecule has 0 fully saturated rings. The quantitative estimate of drug-likeness (QED) is 0.211. The highest BCUT2D eigenvalue weighted by atomic mass is 35.5. The molecule has 5 nitrogen and oxygen atoms in total. The normalized spacial score (nSPS) is 12.9. The monoisotopic (exact) mass is 527 g/mol. The van der Waals surface area contributed by atoms with Crippen LogP contribution in [-0.2, 0) is 27.2 Å². The van der Waals surface area contributed by atoms with E-state index in [4.69, 9.17) is 27.9 Å². The first-order valence-corrected chi connectivity index (χ1v) is 12.7. The molecule has 0 spiro atoms. The number of ether oxygens (including phenoxy) is 1. The molecule has 35 heavy (non-hydrogen) atoms. The summed E-state index contributed by atoms with van der Waals surface area (Å²) in [6, 6.07) is 12.3. The molecule has 0 saturated carbocycles. The number of thiophene rings is 1. The van der Waals surface area contributed by atoms with Crippen LogP contribution >= 0.6 is 34.5 Å². The van der Waals surface area contributed by atoms with E-state index < -0.39 is 18.5 Å². The van der Waals surface area contributed by atoms with Crippen LogP contribution in [0.1, 0.15) is 50.3 Å². The minimum Gasteiger partial charge on any atom is -0.452 e. The molecule has 8 heteroatoms. The zero-order valence-corrected chi connectivity index (χ0v) is 21.4. The van der Waals surface area contributed by atoms with Crippen molar-refractivity contribution in [3.8, 4) is 0 Å². The summed E-state index contributed by atoms with van der Waals surface area (Å²) in [4.78, 5) is 39.2. The molecule has 3 aromatic rings. The van der Waals surface area contributed by atoms with E-state index in [1.165, 1.54) is 23.5 Å². The fourth-order valence-corrected chi connectivity index (χ4v) is 5.66. The Morgan fingerprint density at radius 2 is 1.80 bits per heavy atom. The van der Waals surface area contributed by atoms with Crippen LogP contribution in [0.5, 0.6) is 0 Å². The maximum Gasteiger partial charge on any atom is 0.331 e. The summed E-state index contributed by atoms with van der Waals surface area (Å²) in [6.45, 7) is 1.49. The number of carbonyl (C=O) groups excluding carboxylic acids is 3. The molecule has 180 valence electrons. The van der Waals surface area contributed by atoms with Crippen molar-refractivity contribution in [3.63, 3.8) is 0 Å². The molecular weight excluding hydrogens is 505 g/mol. The minimum atomic E-state index is -0.687. The maximum absolute atomic E-state index is 13.4. The Morgan fingerprint density at radius 3 is 2.54 bits per heavy atom. The summed E-state index contributed by atoms with van der Waals surface area (Å²) < 4.78 is 5.07. The van der Waals surface area contributed by atoms with Crippen molar-refractivity contribution in [3.05, 3.63) is 91.3 Å². The average molecular weight is 528 g/mol. The summed E-state index contributed by atoms with van der Waals surface area (Å²) in [5.41, 5.74) is 3.81. The first-order valence-electron chi connectivity index (χ1n) is 11.2. The van der Waals surface area contributed by atoms with Gasteiger partial charge in [0.2, 0.25) is 0 Å².